The summed E-state index contributed by atoms with van der Waals surface area (Å²) in [6.45, 7) is 5.40. The van der Waals surface area contributed by atoms with Gasteiger partial charge in [0.05, 0.1) is 6.10 Å². The van der Waals surface area contributed by atoms with Crippen molar-refractivity contribution in [1.29, 1.82) is 0 Å². The fourth-order valence-corrected chi connectivity index (χ4v) is 3.62. The minimum atomic E-state index is -0.618. The Balaban J connectivity index is 1.86. The zero-order valence-corrected chi connectivity index (χ0v) is 14.4. The molecule has 1 aliphatic rings. The molecule has 1 aromatic carbocycles. The Morgan fingerprint density at radius 3 is 2.48 bits per heavy atom. The first-order valence-electron chi connectivity index (χ1n) is 7.68. The molecule has 5 nitrogen and oxygen atoms in total. The van der Waals surface area contributed by atoms with Gasteiger partial charge >= 0.3 is 6.09 Å². The minimum absolute atomic E-state index is 0.0624. The molecule has 126 valence electrons. The van der Waals surface area contributed by atoms with Crippen molar-refractivity contribution in [2.24, 2.45) is 0 Å². The molecule has 1 aromatic rings. The second-order valence-electron chi connectivity index (χ2n) is 6.69. The number of hydrogen-bond acceptors (Lipinski definition) is 5. The average molecular weight is 337 g/mol. The summed E-state index contributed by atoms with van der Waals surface area (Å²) < 4.78 is 5.22. The Hall–Kier alpha value is -1.53. The lowest BCUT2D eigenvalue weighted by atomic mass is 10.2. The SMILES string of the molecule is CC(C)(C)OC(=O)N[C@H]1C[C@@H](O)[C@H](SC(=O)c2ccccc2)C1. The Kier molecular flexibility index (Phi) is 5.70. The van der Waals surface area contributed by atoms with Gasteiger partial charge in [-0.3, -0.25) is 4.79 Å². The van der Waals surface area contributed by atoms with Gasteiger partial charge in [-0.25, -0.2) is 4.79 Å². The maximum Gasteiger partial charge on any atom is 0.407 e. The molecule has 0 aromatic heterocycles. The van der Waals surface area contributed by atoms with Crippen LogP contribution in [0, 0.1) is 0 Å². The third-order valence-corrected chi connectivity index (χ3v) is 4.72. The zero-order chi connectivity index (χ0) is 17.0. The maximum absolute atomic E-state index is 12.2. The summed E-state index contributed by atoms with van der Waals surface area (Å²) in [4.78, 5) is 24.0. The molecule has 2 rings (SSSR count). The van der Waals surface area contributed by atoms with Crippen molar-refractivity contribution in [3.63, 3.8) is 0 Å². The number of nitrogens with one attached hydrogen (secondary N) is 1. The van der Waals surface area contributed by atoms with Crippen LogP contribution in [-0.4, -0.2) is 39.3 Å². The summed E-state index contributed by atoms with van der Waals surface area (Å²) in [5.41, 5.74) is 0.0619. The van der Waals surface area contributed by atoms with Gasteiger partial charge < -0.3 is 15.2 Å². The fraction of sp³-hybridized carbons (Fsp3) is 0.529. The third-order valence-electron chi connectivity index (χ3n) is 3.46. The lowest BCUT2D eigenvalue weighted by Crippen LogP contribution is -2.38. The van der Waals surface area contributed by atoms with E-state index in [0.29, 0.717) is 18.4 Å². The van der Waals surface area contributed by atoms with E-state index in [9.17, 15) is 14.7 Å². The average Bonchev–Trinajstić information content (AvgIpc) is 2.77. The Morgan fingerprint density at radius 1 is 1.22 bits per heavy atom. The number of ether oxygens (including phenoxy) is 1. The molecule has 23 heavy (non-hydrogen) atoms. The molecule has 1 amide bonds. The van der Waals surface area contributed by atoms with Gasteiger partial charge in [0, 0.05) is 16.9 Å². The number of aliphatic hydroxyl groups is 1. The molecule has 1 aliphatic carbocycles. The molecule has 0 aliphatic heterocycles. The highest BCUT2D eigenvalue weighted by Crippen LogP contribution is 2.32. The number of rotatable bonds is 3. The summed E-state index contributed by atoms with van der Waals surface area (Å²) in [5, 5.41) is 12.6. The van der Waals surface area contributed by atoms with Crippen molar-refractivity contribution >= 4 is 23.0 Å². The summed E-state index contributed by atoms with van der Waals surface area (Å²) >= 11 is 1.13. The van der Waals surface area contributed by atoms with Crippen LogP contribution in [0.1, 0.15) is 44.0 Å². The van der Waals surface area contributed by atoms with Gasteiger partial charge in [0.2, 0.25) is 5.12 Å². The van der Waals surface area contributed by atoms with E-state index in [1.807, 2.05) is 18.2 Å². The van der Waals surface area contributed by atoms with Crippen LogP contribution in [0.2, 0.25) is 0 Å². The van der Waals surface area contributed by atoms with Gasteiger partial charge in [0.1, 0.15) is 5.60 Å². The number of carbonyl (C=O) groups excluding carboxylic acids is 2. The first-order chi connectivity index (χ1) is 10.7. The van der Waals surface area contributed by atoms with E-state index in [1.54, 1.807) is 32.9 Å². The van der Waals surface area contributed by atoms with E-state index in [4.69, 9.17) is 4.74 Å². The van der Waals surface area contributed by atoms with E-state index in [1.165, 1.54) is 0 Å². The predicted octanol–water partition coefficient (Wildman–Crippen LogP) is 2.98. The Morgan fingerprint density at radius 2 is 1.87 bits per heavy atom. The lowest BCUT2D eigenvalue weighted by Gasteiger charge is -2.21. The summed E-state index contributed by atoms with van der Waals surface area (Å²) in [6.07, 6.45) is -0.134. The summed E-state index contributed by atoms with van der Waals surface area (Å²) in [6, 6.07) is 8.81. The van der Waals surface area contributed by atoms with Crippen molar-refractivity contribution in [1.82, 2.24) is 5.32 Å². The largest absolute Gasteiger partial charge is 0.444 e. The number of thioether (sulfide) groups is 1. The van der Waals surface area contributed by atoms with Crippen LogP contribution >= 0.6 is 11.8 Å². The van der Waals surface area contributed by atoms with Gasteiger partial charge in [-0.1, -0.05) is 42.1 Å². The molecule has 0 saturated heterocycles. The van der Waals surface area contributed by atoms with Crippen LogP contribution in [0.4, 0.5) is 4.79 Å². The lowest BCUT2D eigenvalue weighted by molar-refractivity contribution is 0.0502. The standard InChI is InChI=1S/C17H23NO4S/c1-17(2,3)22-16(21)18-12-9-13(19)14(10-12)23-15(20)11-7-5-4-6-8-11/h4-8,12-14,19H,9-10H2,1-3H3,(H,18,21)/t12-,13+,14+/m0/s1. The molecule has 0 radical (unpaired) electrons. The van der Waals surface area contributed by atoms with Crippen molar-refractivity contribution in [3.8, 4) is 0 Å². The summed E-state index contributed by atoms with van der Waals surface area (Å²) in [7, 11) is 0. The first-order valence-corrected chi connectivity index (χ1v) is 8.56. The molecule has 1 saturated carbocycles. The predicted molar refractivity (Wildman–Crippen MR) is 90.6 cm³/mol. The van der Waals surface area contributed by atoms with Crippen LogP contribution in [0.5, 0.6) is 0 Å². The molecule has 0 bridgehead atoms. The molecule has 2 N–H and O–H groups in total. The monoisotopic (exact) mass is 337 g/mol. The smallest absolute Gasteiger partial charge is 0.407 e. The highest BCUT2D eigenvalue weighted by Gasteiger charge is 2.36. The number of amides is 1. The molecular weight excluding hydrogens is 314 g/mol. The second-order valence-corrected chi connectivity index (χ2v) is 7.90. The number of hydrogen-bond donors (Lipinski definition) is 2. The van der Waals surface area contributed by atoms with Crippen molar-refractivity contribution in [3.05, 3.63) is 35.9 Å². The molecule has 0 spiro atoms. The van der Waals surface area contributed by atoms with Gasteiger partial charge in [-0.2, -0.15) is 0 Å². The van der Waals surface area contributed by atoms with Crippen LogP contribution in [0.15, 0.2) is 30.3 Å². The fourth-order valence-electron chi connectivity index (χ4n) is 2.48. The number of alkyl carbamates (subject to hydrolysis) is 1. The topological polar surface area (TPSA) is 75.6 Å². The van der Waals surface area contributed by atoms with Crippen LogP contribution in [-0.2, 0) is 4.74 Å². The van der Waals surface area contributed by atoms with E-state index >= 15 is 0 Å². The van der Waals surface area contributed by atoms with Gasteiger partial charge in [-0.15, -0.1) is 0 Å². The van der Waals surface area contributed by atoms with E-state index in [2.05, 4.69) is 5.32 Å². The van der Waals surface area contributed by atoms with Crippen molar-refractivity contribution in [2.75, 3.05) is 0 Å². The second kappa shape index (κ2) is 7.36. The summed E-state index contributed by atoms with van der Waals surface area (Å²) in [5.74, 6) is 0. The van der Waals surface area contributed by atoms with Crippen LogP contribution in [0.25, 0.3) is 0 Å². The van der Waals surface area contributed by atoms with Crippen LogP contribution < -0.4 is 5.32 Å². The number of benzene rings is 1. The Labute approximate surface area is 140 Å². The molecule has 0 unspecified atom stereocenters. The van der Waals surface area contributed by atoms with E-state index in [0.717, 1.165) is 11.8 Å². The minimum Gasteiger partial charge on any atom is -0.444 e. The van der Waals surface area contributed by atoms with E-state index in [-0.39, 0.29) is 16.4 Å². The number of aliphatic hydroxyl groups excluding tert-OH is 1. The van der Waals surface area contributed by atoms with Gasteiger partial charge in [0.15, 0.2) is 0 Å². The normalized spacial score (nSPS) is 24.3. The highest BCUT2D eigenvalue weighted by atomic mass is 32.2. The Bertz CT molecular complexity index is 555. The molecule has 0 heterocycles. The highest BCUT2D eigenvalue weighted by molar-refractivity contribution is 8.14. The third kappa shape index (κ3) is 5.55. The molecule has 1 fully saturated rings. The zero-order valence-electron chi connectivity index (χ0n) is 13.6. The van der Waals surface area contributed by atoms with E-state index < -0.39 is 17.8 Å². The number of carbonyl (C=O) groups is 2. The molecule has 3 atom stereocenters. The van der Waals surface area contributed by atoms with Gasteiger partial charge in [-0.05, 0) is 33.6 Å². The van der Waals surface area contributed by atoms with Crippen LogP contribution in [0.3, 0.4) is 0 Å². The first kappa shape index (κ1) is 17.8. The van der Waals surface area contributed by atoms with Gasteiger partial charge in [0.25, 0.3) is 0 Å². The quantitative estimate of drug-likeness (QED) is 0.887. The molecule has 6 heteroatoms. The molecular formula is C17H23NO4S. The van der Waals surface area contributed by atoms with Crippen molar-refractivity contribution < 1.29 is 19.4 Å². The maximum atomic E-state index is 12.2. The van der Waals surface area contributed by atoms with Crippen molar-refractivity contribution in [2.45, 2.75) is 56.6 Å².